The minimum Gasteiger partial charge on any atom is -0.463 e. The molecule has 1 heterocycles. The zero-order valence-corrected chi connectivity index (χ0v) is 20.2. The van der Waals surface area contributed by atoms with Gasteiger partial charge < -0.3 is 14.9 Å². The van der Waals surface area contributed by atoms with Gasteiger partial charge in [0.05, 0.1) is 12.1 Å². The van der Waals surface area contributed by atoms with Crippen LogP contribution in [0.1, 0.15) is 51.5 Å². The van der Waals surface area contributed by atoms with Crippen molar-refractivity contribution < 1.29 is 23.5 Å². The molecule has 2 N–H and O–H groups in total. The van der Waals surface area contributed by atoms with E-state index in [0.29, 0.717) is 46.9 Å². The van der Waals surface area contributed by atoms with Crippen LogP contribution in [-0.2, 0) is 16.1 Å². The van der Waals surface area contributed by atoms with Crippen LogP contribution in [0.3, 0.4) is 0 Å². The van der Waals surface area contributed by atoms with Gasteiger partial charge in [-0.3, -0.25) is 19.3 Å². The average molecular weight is 463 g/mol. The first-order valence-electron chi connectivity index (χ1n) is 11.5. The van der Waals surface area contributed by atoms with Crippen LogP contribution < -0.4 is 5.73 Å². The van der Waals surface area contributed by atoms with Crippen molar-refractivity contribution in [3.8, 4) is 11.3 Å². The highest BCUT2D eigenvalue weighted by molar-refractivity contribution is 6.54. The van der Waals surface area contributed by atoms with Gasteiger partial charge in [-0.2, -0.15) is 0 Å². The van der Waals surface area contributed by atoms with Crippen molar-refractivity contribution in [1.82, 2.24) is 4.90 Å². The Morgan fingerprint density at radius 2 is 1.76 bits per heavy atom. The number of carbonyl (C=O) groups excluding carboxylic acids is 3. The molecule has 2 aromatic carbocycles. The zero-order valence-electron chi connectivity index (χ0n) is 20.2. The van der Waals surface area contributed by atoms with Crippen molar-refractivity contribution in [2.75, 3.05) is 20.2 Å². The summed E-state index contributed by atoms with van der Waals surface area (Å²) in [7, 11) is 1.87. The van der Waals surface area contributed by atoms with E-state index in [4.69, 9.17) is 14.9 Å². The number of esters is 1. The van der Waals surface area contributed by atoms with Gasteiger partial charge in [0.15, 0.2) is 0 Å². The SMILES string of the molecule is Cc1c(CN(C)CCOC(=O)C(N)C(C)C)oc2c1C(=O)C(=O)c1c-2ccc2c(C)cccc12. The van der Waals surface area contributed by atoms with Gasteiger partial charge in [-0.25, -0.2) is 0 Å². The summed E-state index contributed by atoms with van der Waals surface area (Å²) in [5.74, 6) is -0.406. The molecule has 1 aromatic heterocycles. The first-order chi connectivity index (χ1) is 16.1. The van der Waals surface area contributed by atoms with E-state index in [9.17, 15) is 14.4 Å². The summed E-state index contributed by atoms with van der Waals surface area (Å²) >= 11 is 0. The predicted octanol–water partition coefficient (Wildman–Crippen LogP) is 4.05. The Bertz CT molecular complexity index is 1300. The van der Waals surface area contributed by atoms with Crippen LogP contribution in [0, 0.1) is 19.8 Å². The monoisotopic (exact) mass is 462 g/mol. The summed E-state index contributed by atoms with van der Waals surface area (Å²) in [6.07, 6.45) is 0. The smallest absolute Gasteiger partial charge is 0.323 e. The molecule has 0 amide bonds. The summed E-state index contributed by atoms with van der Waals surface area (Å²) in [6, 6.07) is 8.92. The third-order valence-corrected chi connectivity index (χ3v) is 6.55. The number of fused-ring (bicyclic) bond motifs is 5. The Morgan fingerprint density at radius 3 is 2.47 bits per heavy atom. The summed E-state index contributed by atoms with van der Waals surface area (Å²) < 4.78 is 11.5. The fraction of sp³-hybridized carbons (Fsp3) is 0.370. The van der Waals surface area contributed by atoms with Gasteiger partial charge in [-0.15, -0.1) is 0 Å². The molecule has 1 aliphatic carbocycles. The number of carbonyl (C=O) groups is 3. The molecule has 34 heavy (non-hydrogen) atoms. The van der Waals surface area contributed by atoms with E-state index in [0.717, 1.165) is 16.3 Å². The van der Waals surface area contributed by atoms with Crippen molar-refractivity contribution in [3.63, 3.8) is 0 Å². The van der Waals surface area contributed by atoms with E-state index < -0.39 is 23.6 Å². The standard InChI is InChI=1S/C27H30N2O5/c1-14(2)23(28)27(32)33-12-11-29(5)13-20-16(4)21-24(30)25(31)22-18-8-6-7-15(3)17(18)9-10-19(22)26(21)34-20/h6-10,14,23H,11-13,28H2,1-5H3. The third kappa shape index (κ3) is 4.06. The molecule has 178 valence electrons. The number of hydrogen-bond acceptors (Lipinski definition) is 7. The highest BCUT2D eigenvalue weighted by Crippen LogP contribution is 2.41. The minimum atomic E-state index is -0.646. The molecule has 1 unspecified atom stereocenters. The number of benzene rings is 2. The fourth-order valence-electron chi connectivity index (χ4n) is 4.34. The van der Waals surface area contributed by atoms with Gasteiger partial charge in [0.25, 0.3) is 0 Å². The number of aryl methyl sites for hydroxylation is 1. The van der Waals surface area contributed by atoms with E-state index >= 15 is 0 Å². The second kappa shape index (κ2) is 9.16. The molecule has 0 saturated heterocycles. The number of hydrogen-bond donors (Lipinski definition) is 1. The predicted molar refractivity (Wildman–Crippen MR) is 130 cm³/mol. The lowest BCUT2D eigenvalue weighted by atomic mass is 9.83. The van der Waals surface area contributed by atoms with Crippen LogP contribution in [-0.4, -0.2) is 48.7 Å². The fourth-order valence-corrected chi connectivity index (χ4v) is 4.34. The highest BCUT2D eigenvalue weighted by atomic mass is 16.5. The Balaban J connectivity index is 1.59. The molecular weight excluding hydrogens is 432 g/mol. The molecule has 0 radical (unpaired) electrons. The maximum atomic E-state index is 13.1. The second-order valence-electron chi connectivity index (χ2n) is 9.35. The van der Waals surface area contributed by atoms with E-state index in [1.54, 1.807) is 6.92 Å². The Kier molecular flexibility index (Phi) is 6.43. The van der Waals surface area contributed by atoms with Crippen molar-refractivity contribution in [3.05, 3.63) is 58.3 Å². The molecule has 0 aliphatic heterocycles. The van der Waals surface area contributed by atoms with Gasteiger partial charge in [-0.05, 0) is 49.2 Å². The molecule has 1 atom stereocenters. The molecule has 7 nitrogen and oxygen atoms in total. The van der Waals surface area contributed by atoms with Crippen molar-refractivity contribution in [2.45, 2.75) is 40.3 Å². The Morgan fingerprint density at radius 1 is 1.06 bits per heavy atom. The van der Waals surface area contributed by atoms with Crippen LogP contribution in [0.5, 0.6) is 0 Å². The van der Waals surface area contributed by atoms with Gasteiger partial charge >= 0.3 is 5.97 Å². The summed E-state index contributed by atoms with van der Waals surface area (Å²) in [4.78, 5) is 40.1. The number of nitrogens with zero attached hydrogens (tertiary/aromatic N) is 1. The number of ether oxygens (including phenoxy) is 1. The molecule has 0 spiro atoms. The average Bonchev–Trinajstić information content (AvgIpc) is 3.12. The Hall–Kier alpha value is -3.29. The molecule has 3 aromatic rings. The number of nitrogens with two attached hydrogens (primary N) is 1. The molecule has 1 aliphatic rings. The van der Waals surface area contributed by atoms with Crippen molar-refractivity contribution >= 4 is 28.3 Å². The number of furan rings is 1. The zero-order chi connectivity index (χ0) is 24.7. The highest BCUT2D eigenvalue weighted by Gasteiger charge is 2.37. The molecule has 4 rings (SSSR count). The van der Waals surface area contributed by atoms with Crippen LogP contribution >= 0.6 is 0 Å². The summed E-state index contributed by atoms with van der Waals surface area (Å²) in [6.45, 7) is 8.58. The number of rotatable bonds is 7. The maximum Gasteiger partial charge on any atom is 0.323 e. The molecule has 0 fully saturated rings. The largest absolute Gasteiger partial charge is 0.463 e. The van der Waals surface area contributed by atoms with Crippen molar-refractivity contribution in [1.29, 1.82) is 0 Å². The van der Waals surface area contributed by atoms with E-state index in [2.05, 4.69) is 0 Å². The van der Waals surface area contributed by atoms with E-state index in [1.807, 2.05) is 63.1 Å². The lowest BCUT2D eigenvalue weighted by molar-refractivity contribution is -0.146. The molecular formula is C27H30N2O5. The first-order valence-corrected chi connectivity index (χ1v) is 11.5. The van der Waals surface area contributed by atoms with E-state index in [1.165, 1.54) is 0 Å². The van der Waals surface area contributed by atoms with Gasteiger partial charge in [0.2, 0.25) is 11.6 Å². The third-order valence-electron chi connectivity index (χ3n) is 6.55. The van der Waals surface area contributed by atoms with E-state index in [-0.39, 0.29) is 12.5 Å². The Labute approximate surface area is 198 Å². The first kappa shape index (κ1) is 23.9. The van der Waals surface area contributed by atoms with Gasteiger partial charge in [0.1, 0.15) is 24.2 Å². The molecule has 7 heteroatoms. The summed E-state index contributed by atoms with van der Waals surface area (Å²) in [5, 5.41) is 1.71. The van der Waals surface area contributed by atoms with Crippen LogP contribution in [0.2, 0.25) is 0 Å². The number of ketones is 2. The quantitative estimate of drug-likeness (QED) is 0.417. The molecule has 0 bridgehead atoms. The minimum absolute atomic E-state index is 0.00600. The number of Topliss-reactive ketones (excluding diaryl/α,β-unsaturated/α-hetero) is 2. The van der Waals surface area contributed by atoms with Crippen LogP contribution in [0.4, 0.5) is 0 Å². The number of likely N-dealkylation sites (N-methyl/N-ethyl adjacent to an activating group) is 1. The van der Waals surface area contributed by atoms with Crippen LogP contribution in [0.25, 0.3) is 22.1 Å². The lowest BCUT2D eigenvalue weighted by Gasteiger charge is -2.18. The topological polar surface area (TPSA) is 103 Å². The van der Waals surface area contributed by atoms with Crippen molar-refractivity contribution in [2.24, 2.45) is 11.7 Å². The molecule has 0 saturated carbocycles. The normalized spacial score (nSPS) is 14.0. The lowest BCUT2D eigenvalue weighted by Crippen LogP contribution is -2.38. The van der Waals surface area contributed by atoms with Gasteiger partial charge in [-0.1, -0.05) is 38.1 Å². The summed E-state index contributed by atoms with van der Waals surface area (Å²) in [5.41, 5.74) is 8.91. The van der Waals surface area contributed by atoms with Gasteiger partial charge in [0, 0.05) is 23.2 Å². The second-order valence-corrected chi connectivity index (χ2v) is 9.35. The van der Waals surface area contributed by atoms with Crippen LogP contribution in [0.15, 0.2) is 34.7 Å². The maximum absolute atomic E-state index is 13.1.